The first kappa shape index (κ1) is 13.7. The fourth-order valence-electron chi connectivity index (χ4n) is 1.80. The molecular formula is C10H16Cl2N6. The number of halogens is 2. The lowest BCUT2D eigenvalue weighted by molar-refractivity contribution is 0.158. The third-order valence-corrected chi connectivity index (χ3v) is 3.23. The average molecular weight is 291 g/mol. The van der Waals surface area contributed by atoms with Crippen molar-refractivity contribution in [1.29, 1.82) is 0 Å². The molecule has 1 aliphatic rings. The van der Waals surface area contributed by atoms with Crippen molar-refractivity contribution in [3.05, 3.63) is 10.6 Å². The highest BCUT2D eigenvalue weighted by atomic mass is 35.5. The van der Waals surface area contributed by atoms with Crippen LogP contribution < -0.4 is 5.32 Å². The Morgan fingerprint density at radius 1 is 1.06 bits per heavy atom. The minimum Gasteiger partial charge on any atom is -0.353 e. The normalized spacial score (nSPS) is 17.9. The molecule has 1 fully saturated rings. The van der Waals surface area contributed by atoms with Gasteiger partial charge in [-0.05, 0) is 30.2 Å². The van der Waals surface area contributed by atoms with E-state index in [4.69, 9.17) is 23.2 Å². The van der Waals surface area contributed by atoms with Crippen molar-refractivity contribution in [2.75, 3.05) is 51.6 Å². The molecule has 0 spiro atoms. The molecule has 100 valence electrons. The molecule has 0 amide bonds. The third kappa shape index (κ3) is 4.20. The zero-order chi connectivity index (χ0) is 13.0. The van der Waals surface area contributed by atoms with Gasteiger partial charge in [0.15, 0.2) is 0 Å². The van der Waals surface area contributed by atoms with Gasteiger partial charge in [0.25, 0.3) is 0 Å². The summed E-state index contributed by atoms with van der Waals surface area (Å²) < 4.78 is 0. The highest BCUT2D eigenvalue weighted by Crippen LogP contribution is 2.09. The van der Waals surface area contributed by atoms with Gasteiger partial charge in [0.2, 0.25) is 16.5 Å². The molecule has 2 heterocycles. The molecule has 18 heavy (non-hydrogen) atoms. The van der Waals surface area contributed by atoms with E-state index in [1.807, 2.05) is 0 Å². The Morgan fingerprint density at radius 3 is 2.28 bits per heavy atom. The molecule has 2 rings (SSSR count). The van der Waals surface area contributed by atoms with Crippen molar-refractivity contribution in [3.8, 4) is 0 Å². The molecule has 8 heteroatoms. The maximum absolute atomic E-state index is 5.69. The molecule has 0 unspecified atom stereocenters. The van der Waals surface area contributed by atoms with E-state index in [2.05, 4.69) is 37.1 Å². The molecule has 0 aliphatic carbocycles. The van der Waals surface area contributed by atoms with Gasteiger partial charge in [-0.1, -0.05) is 0 Å². The van der Waals surface area contributed by atoms with Gasteiger partial charge in [0.05, 0.1) is 0 Å². The number of piperazine rings is 1. The Hall–Kier alpha value is -0.690. The lowest BCUT2D eigenvalue weighted by atomic mass is 10.3. The van der Waals surface area contributed by atoms with Crippen molar-refractivity contribution in [1.82, 2.24) is 24.8 Å². The van der Waals surface area contributed by atoms with Gasteiger partial charge >= 0.3 is 0 Å². The number of likely N-dealkylation sites (N-methyl/N-ethyl adjacent to an activating group) is 1. The van der Waals surface area contributed by atoms with Gasteiger partial charge in [-0.25, -0.2) is 0 Å². The number of rotatable bonds is 4. The lowest BCUT2D eigenvalue weighted by Gasteiger charge is -2.32. The largest absolute Gasteiger partial charge is 0.353 e. The summed E-state index contributed by atoms with van der Waals surface area (Å²) in [5.74, 6) is 0.425. The van der Waals surface area contributed by atoms with Gasteiger partial charge in [0, 0.05) is 39.3 Å². The van der Waals surface area contributed by atoms with Gasteiger partial charge in [-0.3, -0.25) is 4.90 Å². The molecule has 0 aromatic carbocycles. The number of nitrogens with one attached hydrogen (secondary N) is 1. The number of anilines is 1. The quantitative estimate of drug-likeness (QED) is 0.887. The molecule has 1 aromatic rings. The van der Waals surface area contributed by atoms with E-state index in [1.54, 1.807) is 0 Å². The van der Waals surface area contributed by atoms with Crippen LogP contribution >= 0.6 is 23.2 Å². The van der Waals surface area contributed by atoms with Crippen molar-refractivity contribution in [3.63, 3.8) is 0 Å². The predicted octanol–water partition coefficient (Wildman–Crippen LogP) is 0.838. The van der Waals surface area contributed by atoms with Crippen LogP contribution in [0.4, 0.5) is 5.95 Å². The van der Waals surface area contributed by atoms with Gasteiger partial charge in [-0.15, -0.1) is 0 Å². The Balaban J connectivity index is 1.74. The van der Waals surface area contributed by atoms with Crippen LogP contribution in [-0.4, -0.2) is 71.1 Å². The topological polar surface area (TPSA) is 57.2 Å². The lowest BCUT2D eigenvalue weighted by Crippen LogP contribution is -2.45. The Labute approximate surface area is 116 Å². The molecular weight excluding hydrogens is 275 g/mol. The van der Waals surface area contributed by atoms with E-state index in [0.717, 1.165) is 39.3 Å². The van der Waals surface area contributed by atoms with Gasteiger partial charge in [0.1, 0.15) is 0 Å². The van der Waals surface area contributed by atoms with Crippen LogP contribution in [0.5, 0.6) is 0 Å². The van der Waals surface area contributed by atoms with E-state index >= 15 is 0 Å². The first-order valence-electron chi connectivity index (χ1n) is 5.85. The fourth-order valence-corrected chi connectivity index (χ4v) is 2.17. The Bertz CT molecular complexity index is 374. The summed E-state index contributed by atoms with van der Waals surface area (Å²) in [6.07, 6.45) is 0. The Morgan fingerprint density at radius 2 is 1.67 bits per heavy atom. The predicted molar refractivity (Wildman–Crippen MR) is 72.3 cm³/mol. The first-order chi connectivity index (χ1) is 8.63. The second-order valence-corrected chi connectivity index (χ2v) is 4.94. The summed E-state index contributed by atoms with van der Waals surface area (Å²) in [5.41, 5.74) is 0. The molecule has 1 N–H and O–H groups in total. The minimum atomic E-state index is 0.108. The van der Waals surface area contributed by atoms with Gasteiger partial charge in [-0.2, -0.15) is 15.0 Å². The highest BCUT2D eigenvalue weighted by Gasteiger charge is 2.13. The second kappa shape index (κ2) is 6.47. The molecule has 1 saturated heterocycles. The van der Waals surface area contributed by atoms with Gasteiger partial charge < -0.3 is 10.2 Å². The van der Waals surface area contributed by atoms with Crippen LogP contribution in [-0.2, 0) is 0 Å². The molecule has 1 aliphatic heterocycles. The number of hydrogen-bond acceptors (Lipinski definition) is 6. The van der Waals surface area contributed by atoms with Crippen LogP contribution in [0.25, 0.3) is 0 Å². The third-order valence-electron chi connectivity index (χ3n) is 2.89. The van der Waals surface area contributed by atoms with Crippen LogP contribution in [0.15, 0.2) is 0 Å². The smallest absolute Gasteiger partial charge is 0.228 e. The zero-order valence-electron chi connectivity index (χ0n) is 10.2. The standard InChI is InChI=1S/C10H16Cl2N6/c1-17-4-6-18(7-5-17)3-2-13-10-15-8(11)14-9(12)16-10/h2-7H2,1H3,(H,13,14,15,16). The summed E-state index contributed by atoms with van der Waals surface area (Å²) in [4.78, 5) is 16.3. The van der Waals surface area contributed by atoms with E-state index in [9.17, 15) is 0 Å². The van der Waals surface area contributed by atoms with Crippen molar-refractivity contribution in [2.24, 2.45) is 0 Å². The number of aromatic nitrogens is 3. The zero-order valence-corrected chi connectivity index (χ0v) is 11.7. The summed E-state index contributed by atoms with van der Waals surface area (Å²) >= 11 is 11.4. The minimum absolute atomic E-state index is 0.108. The van der Waals surface area contributed by atoms with Crippen molar-refractivity contribution >= 4 is 29.2 Å². The highest BCUT2D eigenvalue weighted by molar-refractivity contribution is 6.31. The van der Waals surface area contributed by atoms with Crippen LogP contribution in [0.1, 0.15) is 0 Å². The fraction of sp³-hybridized carbons (Fsp3) is 0.700. The number of nitrogens with zero attached hydrogens (tertiary/aromatic N) is 5. The summed E-state index contributed by atoms with van der Waals surface area (Å²) in [6, 6.07) is 0. The van der Waals surface area contributed by atoms with Crippen LogP contribution in [0.3, 0.4) is 0 Å². The molecule has 0 saturated carbocycles. The molecule has 0 atom stereocenters. The molecule has 0 bridgehead atoms. The average Bonchev–Trinajstić information content (AvgIpc) is 2.30. The van der Waals surface area contributed by atoms with E-state index in [-0.39, 0.29) is 10.6 Å². The summed E-state index contributed by atoms with van der Waals surface area (Å²) in [6.45, 7) is 6.13. The Kier molecular flexibility index (Phi) is 4.94. The monoisotopic (exact) mass is 290 g/mol. The number of hydrogen-bond donors (Lipinski definition) is 1. The second-order valence-electron chi connectivity index (χ2n) is 4.27. The maximum Gasteiger partial charge on any atom is 0.228 e. The van der Waals surface area contributed by atoms with Crippen LogP contribution in [0, 0.1) is 0 Å². The summed E-state index contributed by atoms with van der Waals surface area (Å²) in [7, 11) is 2.14. The summed E-state index contributed by atoms with van der Waals surface area (Å²) in [5, 5.41) is 3.32. The van der Waals surface area contributed by atoms with E-state index in [1.165, 1.54) is 0 Å². The SMILES string of the molecule is CN1CCN(CCNc2nc(Cl)nc(Cl)n2)CC1. The maximum atomic E-state index is 5.69. The molecule has 6 nitrogen and oxygen atoms in total. The van der Waals surface area contributed by atoms with Crippen molar-refractivity contribution in [2.45, 2.75) is 0 Å². The molecule has 1 aromatic heterocycles. The van der Waals surface area contributed by atoms with E-state index in [0.29, 0.717) is 5.95 Å². The van der Waals surface area contributed by atoms with Crippen LogP contribution in [0.2, 0.25) is 10.6 Å². The van der Waals surface area contributed by atoms with Crippen molar-refractivity contribution < 1.29 is 0 Å². The molecule has 0 radical (unpaired) electrons. The first-order valence-corrected chi connectivity index (χ1v) is 6.61. The van der Waals surface area contributed by atoms with E-state index < -0.39 is 0 Å².